The van der Waals surface area contributed by atoms with Crippen LogP contribution < -0.4 is 0 Å². The lowest BCUT2D eigenvalue weighted by atomic mass is 9.91. The maximum atomic E-state index is 4.97. The summed E-state index contributed by atoms with van der Waals surface area (Å²) in [4.78, 5) is 23.4. The van der Waals surface area contributed by atoms with Gasteiger partial charge in [-0.1, -0.05) is 72.8 Å². The van der Waals surface area contributed by atoms with Gasteiger partial charge < -0.3 is 0 Å². The summed E-state index contributed by atoms with van der Waals surface area (Å²) in [6, 6.07) is 47.7. The normalized spacial score (nSPS) is 11.0. The van der Waals surface area contributed by atoms with Crippen LogP contribution >= 0.6 is 0 Å². The van der Waals surface area contributed by atoms with E-state index in [0.717, 1.165) is 72.9 Å². The van der Waals surface area contributed by atoms with Gasteiger partial charge in [-0.05, 0) is 99.8 Å². The highest BCUT2D eigenvalue weighted by molar-refractivity contribution is 6.05. The lowest BCUT2D eigenvalue weighted by Gasteiger charge is -2.15. The van der Waals surface area contributed by atoms with E-state index in [-0.39, 0.29) is 0 Å². The van der Waals surface area contributed by atoms with E-state index >= 15 is 0 Å². The number of nitrogens with zero attached hydrogens (tertiary/aromatic N) is 5. The number of rotatable bonds is 6. The number of benzene rings is 3. The van der Waals surface area contributed by atoms with Crippen LogP contribution in [0.4, 0.5) is 0 Å². The van der Waals surface area contributed by atoms with Crippen LogP contribution in [0.2, 0.25) is 0 Å². The van der Waals surface area contributed by atoms with E-state index in [2.05, 4.69) is 99.9 Å². The largest absolute Gasteiger partial charge is 0.256 e. The second-order valence-corrected chi connectivity index (χ2v) is 11.0. The van der Waals surface area contributed by atoms with E-state index in [1.54, 1.807) is 18.6 Å². The molecule has 46 heavy (non-hydrogen) atoms. The summed E-state index contributed by atoms with van der Waals surface area (Å²) in [6.45, 7) is 0. The highest BCUT2D eigenvalue weighted by atomic mass is 14.8. The highest BCUT2D eigenvalue weighted by Gasteiger charge is 2.15. The maximum absolute atomic E-state index is 4.97. The monoisotopic (exact) mass is 589 g/mol. The lowest BCUT2D eigenvalue weighted by Crippen LogP contribution is -1.94. The van der Waals surface area contributed by atoms with E-state index in [1.165, 1.54) is 5.39 Å². The first-order valence-corrected chi connectivity index (χ1v) is 15.2. The molecule has 3 aromatic carbocycles. The molecule has 0 radical (unpaired) electrons. The van der Waals surface area contributed by atoms with Crippen LogP contribution in [0.1, 0.15) is 0 Å². The van der Waals surface area contributed by atoms with E-state index in [9.17, 15) is 0 Å². The van der Waals surface area contributed by atoms with Crippen LogP contribution in [-0.4, -0.2) is 24.9 Å². The zero-order valence-corrected chi connectivity index (χ0v) is 24.8. The second-order valence-electron chi connectivity index (χ2n) is 11.0. The van der Waals surface area contributed by atoms with Crippen molar-refractivity contribution in [1.82, 2.24) is 24.9 Å². The summed E-state index contributed by atoms with van der Waals surface area (Å²) in [7, 11) is 0. The van der Waals surface area contributed by atoms with Crippen LogP contribution in [0.25, 0.3) is 78.3 Å². The van der Waals surface area contributed by atoms with Gasteiger partial charge in [0.15, 0.2) is 0 Å². The minimum Gasteiger partial charge on any atom is -0.256 e. The molecule has 5 heterocycles. The third-order valence-electron chi connectivity index (χ3n) is 8.11. The fraction of sp³-hybridized carbons (Fsp3) is 0. The minimum atomic E-state index is 0.807. The molecule has 0 amide bonds. The van der Waals surface area contributed by atoms with Gasteiger partial charge in [0.2, 0.25) is 0 Å². The Morgan fingerprint density at radius 2 is 0.848 bits per heavy atom. The Morgan fingerprint density at radius 1 is 0.304 bits per heavy atom. The maximum Gasteiger partial charge on any atom is 0.0900 e. The fourth-order valence-corrected chi connectivity index (χ4v) is 5.88. The van der Waals surface area contributed by atoms with Gasteiger partial charge in [-0.2, -0.15) is 0 Å². The Hall–Kier alpha value is -6.33. The zero-order valence-electron chi connectivity index (χ0n) is 24.8. The summed E-state index contributed by atoms with van der Waals surface area (Å²) in [6.07, 6.45) is 7.29. The summed E-state index contributed by atoms with van der Waals surface area (Å²) in [5.41, 5.74) is 11.6. The smallest absolute Gasteiger partial charge is 0.0900 e. The van der Waals surface area contributed by atoms with Crippen molar-refractivity contribution < 1.29 is 0 Å². The molecular weight excluding hydrogens is 562 g/mol. The van der Waals surface area contributed by atoms with E-state index in [4.69, 9.17) is 9.97 Å². The van der Waals surface area contributed by atoms with E-state index in [0.29, 0.717) is 0 Å². The number of fused-ring (bicyclic) bond motifs is 1. The SMILES string of the molecule is c1ccc(-c2ccc(-c3cccc(-c4ccc(-c5cc(-c6ccccn6)nc(-c6ccccn6)c5)c5ccccc45)c3)nc2)nc1. The van der Waals surface area contributed by atoms with Gasteiger partial charge in [-0.15, -0.1) is 0 Å². The number of hydrogen-bond acceptors (Lipinski definition) is 5. The molecule has 0 bridgehead atoms. The molecule has 5 aromatic heterocycles. The molecule has 8 rings (SSSR count). The molecule has 5 nitrogen and oxygen atoms in total. The predicted molar refractivity (Wildman–Crippen MR) is 186 cm³/mol. The average Bonchev–Trinajstić information content (AvgIpc) is 3.15. The lowest BCUT2D eigenvalue weighted by molar-refractivity contribution is 1.22. The van der Waals surface area contributed by atoms with Crippen LogP contribution in [0.15, 0.2) is 164 Å². The molecule has 0 unspecified atom stereocenters. The quantitative estimate of drug-likeness (QED) is 0.193. The summed E-state index contributed by atoms with van der Waals surface area (Å²) in [5.74, 6) is 0. The van der Waals surface area contributed by atoms with Gasteiger partial charge in [0.1, 0.15) is 0 Å². The van der Waals surface area contributed by atoms with Crippen molar-refractivity contribution in [2.45, 2.75) is 0 Å². The molecule has 0 fully saturated rings. The molecule has 0 aliphatic rings. The second kappa shape index (κ2) is 12.0. The Morgan fingerprint density at radius 3 is 1.41 bits per heavy atom. The molecule has 0 aliphatic carbocycles. The molecule has 0 spiro atoms. The van der Waals surface area contributed by atoms with E-state index in [1.807, 2.05) is 60.8 Å². The minimum absolute atomic E-state index is 0.807. The van der Waals surface area contributed by atoms with Gasteiger partial charge in [0, 0.05) is 35.9 Å². The van der Waals surface area contributed by atoms with Crippen molar-refractivity contribution >= 4 is 10.8 Å². The van der Waals surface area contributed by atoms with Crippen molar-refractivity contribution in [3.8, 4) is 67.5 Å². The summed E-state index contributed by atoms with van der Waals surface area (Å²) in [5, 5.41) is 2.33. The topological polar surface area (TPSA) is 64.5 Å². The van der Waals surface area contributed by atoms with Crippen molar-refractivity contribution in [1.29, 1.82) is 0 Å². The first kappa shape index (κ1) is 27.2. The Balaban J connectivity index is 1.22. The first-order valence-electron chi connectivity index (χ1n) is 15.2. The number of pyridine rings is 5. The Kier molecular flexibility index (Phi) is 7.09. The molecule has 8 aromatic rings. The van der Waals surface area contributed by atoms with Crippen molar-refractivity contribution in [3.05, 3.63) is 164 Å². The van der Waals surface area contributed by atoms with Crippen LogP contribution in [0.5, 0.6) is 0 Å². The third kappa shape index (κ3) is 5.31. The molecule has 0 N–H and O–H groups in total. The Labute approximate surface area is 267 Å². The fourth-order valence-electron chi connectivity index (χ4n) is 5.88. The van der Waals surface area contributed by atoms with Gasteiger partial charge in [-0.3, -0.25) is 19.9 Å². The summed E-state index contributed by atoms with van der Waals surface area (Å²) < 4.78 is 0. The molecule has 216 valence electrons. The van der Waals surface area contributed by atoms with Crippen LogP contribution in [0.3, 0.4) is 0 Å². The van der Waals surface area contributed by atoms with Crippen molar-refractivity contribution in [2.24, 2.45) is 0 Å². The molecular formula is C41H27N5. The Bertz CT molecular complexity index is 2230. The molecule has 5 heteroatoms. The van der Waals surface area contributed by atoms with Gasteiger partial charge in [0.05, 0.1) is 34.2 Å². The summed E-state index contributed by atoms with van der Waals surface area (Å²) >= 11 is 0. The van der Waals surface area contributed by atoms with Crippen LogP contribution in [0, 0.1) is 0 Å². The predicted octanol–water partition coefficient (Wildman–Crippen LogP) is 9.82. The third-order valence-corrected chi connectivity index (χ3v) is 8.11. The number of hydrogen-bond donors (Lipinski definition) is 0. The highest BCUT2D eigenvalue weighted by Crippen LogP contribution is 2.38. The van der Waals surface area contributed by atoms with Gasteiger partial charge in [-0.25, -0.2) is 4.98 Å². The van der Waals surface area contributed by atoms with Crippen molar-refractivity contribution in [2.75, 3.05) is 0 Å². The van der Waals surface area contributed by atoms with E-state index < -0.39 is 0 Å². The van der Waals surface area contributed by atoms with Crippen molar-refractivity contribution in [3.63, 3.8) is 0 Å². The molecule has 0 saturated carbocycles. The molecule has 0 saturated heterocycles. The number of aromatic nitrogens is 5. The first-order chi connectivity index (χ1) is 22.8. The van der Waals surface area contributed by atoms with Crippen LogP contribution in [-0.2, 0) is 0 Å². The standard InChI is InChI=1S/C41H27N5/c1-2-13-35-33(31-25-40(38-15-4-7-22-43-38)46-41(26-31)39-16-5-8-23-44-39)19-18-32(34(35)12-1)28-10-9-11-29(24-28)37-20-17-30(27-45-37)36-14-3-6-21-42-36/h1-27H. The van der Waals surface area contributed by atoms with Gasteiger partial charge in [0.25, 0.3) is 0 Å². The van der Waals surface area contributed by atoms with Gasteiger partial charge >= 0.3 is 0 Å². The zero-order chi connectivity index (χ0) is 30.7. The average molecular weight is 590 g/mol. The molecule has 0 aliphatic heterocycles. The molecule has 0 atom stereocenters.